The summed E-state index contributed by atoms with van der Waals surface area (Å²) < 4.78 is 5.51. The molecule has 2 rings (SSSR count). The molecule has 0 aromatic rings. The Hall–Kier alpha value is -0.740. The molecule has 2 heterocycles. The number of halogens is 1. The van der Waals surface area contributed by atoms with E-state index in [1.54, 1.807) is 4.90 Å². The third-order valence-corrected chi connectivity index (χ3v) is 3.43. The highest BCUT2D eigenvalue weighted by Crippen LogP contribution is 2.27. The number of ether oxygens (including phenoxy) is 1. The van der Waals surface area contributed by atoms with Crippen molar-refractivity contribution in [2.75, 3.05) is 25.6 Å². The van der Waals surface area contributed by atoms with Crippen LogP contribution in [-0.2, 0) is 4.74 Å². The second-order valence-electron chi connectivity index (χ2n) is 4.34. The third-order valence-electron chi connectivity index (χ3n) is 3.26. The topological polar surface area (TPSA) is 41.6 Å². The molecule has 2 unspecified atom stereocenters. The first-order valence-electron chi connectivity index (χ1n) is 5.59. The van der Waals surface area contributed by atoms with Gasteiger partial charge in [-0.15, -0.1) is 11.6 Å². The van der Waals surface area contributed by atoms with Crippen molar-refractivity contribution in [2.45, 2.75) is 19.9 Å². The number of carbonyl (C=O) groups excluding carboxylic acids is 1. The highest BCUT2D eigenvalue weighted by Gasteiger charge is 2.34. The molecule has 2 aliphatic rings. The molecular formula is C11H17ClN2O2. The first kappa shape index (κ1) is 11.7. The summed E-state index contributed by atoms with van der Waals surface area (Å²) in [6, 6.07) is 0.0471. The summed E-state index contributed by atoms with van der Waals surface area (Å²) in [6.45, 7) is 5.96. The normalized spacial score (nSPS) is 30.2. The van der Waals surface area contributed by atoms with Crippen molar-refractivity contribution in [3.63, 3.8) is 0 Å². The van der Waals surface area contributed by atoms with Crippen LogP contribution in [0.4, 0.5) is 4.79 Å². The quantitative estimate of drug-likeness (QED) is 0.749. The molecule has 2 aliphatic heterocycles. The Morgan fingerprint density at radius 1 is 1.56 bits per heavy atom. The molecule has 0 saturated heterocycles. The summed E-state index contributed by atoms with van der Waals surface area (Å²) in [5, 5.41) is 2.96. The fourth-order valence-corrected chi connectivity index (χ4v) is 2.49. The SMILES string of the molecule is CC1COCC2=C1NC(=O)N(CCCl)C2C. The average molecular weight is 245 g/mol. The van der Waals surface area contributed by atoms with Crippen LogP contribution in [0, 0.1) is 5.92 Å². The first-order chi connectivity index (χ1) is 7.65. The predicted molar refractivity (Wildman–Crippen MR) is 62.4 cm³/mol. The fraction of sp³-hybridized carbons (Fsp3) is 0.727. The van der Waals surface area contributed by atoms with Gasteiger partial charge >= 0.3 is 6.03 Å². The van der Waals surface area contributed by atoms with Gasteiger partial charge in [0.15, 0.2) is 0 Å². The zero-order valence-corrected chi connectivity index (χ0v) is 10.4. The summed E-state index contributed by atoms with van der Waals surface area (Å²) >= 11 is 5.70. The number of amides is 2. The van der Waals surface area contributed by atoms with Gasteiger partial charge in [0.25, 0.3) is 0 Å². The smallest absolute Gasteiger partial charge is 0.322 e. The zero-order chi connectivity index (χ0) is 11.7. The lowest BCUT2D eigenvalue weighted by atomic mass is 9.94. The maximum Gasteiger partial charge on any atom is 0.322 e. The second-order valence-corrected chi connectivity index (χ2v) is 4.72. The zero-order valence-electron chi connectivity index (χ0n) is 9.62. The van der Waals surface area contributed by atoms with E-state index in [-0.39, 0.29) is 18.0 Å². The Bertz CT molecular complexity index is 330. The van der Waals surface area contributed by atoms with Gasteiger partial charge in [-0.1, -0.05) is 6.92 Å². The standard InChI is InChI=1S/C11H17ClN2O2/c1-7-5-16-6-9-8(2)14(4-3-12)11(15)13-10(7)9/h7-8H,3-6H2,1-2H3,(H,13,15). The molecule has 4 nitrogen and oxygen atoms in total. The second kappa shape index (κ2) is 4.63. The van der Waals surface area contributed by atoms with Crippen LogP contribution in [0.2, 0.25) is 0 Å². The minimum Gasteiger partial charge on any atom is -0.376 e. The molecule has 1 N–H and O–H groups in total. The van der Waals surface area contributed by atoms with Gasteiger partial charge in [0.1, 0.15) is 0 Å². The van der Waals surface area contributed by atoms with Crippen molar-refractivity contribution in [1.82, 2.24) is 10.2 Å². The molecule has 0 aliphatic carbocycles. The van der Waals surface area contributed by atoms with Crippen molar-refractivity contribution in [3.8, 4) is 0 Å². The molecular weight excluding hydrogens is 228 g/mol. The molecule has 2 atom stereocenters. The summed E-state index contributed by atoms with van der Waals surface area (Å²) in [7, 11) is 0. The van der Waals surface area contributed by atoms with Crippen molar-refractivity contribution in [1.29, 1.82) is 0 Å². The Balaban J connectivity index is 2.26. The van der Waals surface area contributed by atoms with E-state index in [4.69, 9.17) is 16.3 Å². The Morgan fingerprint density at radius 2 is 2.31 bits per heavy atom. The Labute approximate surface area is 101 Å². The van der Waals surface area contributed by atoms with E-state index < -0.39 is 0 Å². The Kier molecular flexibility index (Phi) is 3.40. The molecule has 0 fully saturated rings. The van der Waals surface area contributed by atoms with E-state index in [1.807, 2.05) is 6.92 Å². The number of nitrogens with one attached hydrogen (secondary N) is 1. The monoisotopic (exact) mass is 244 g/mol. The van der Waals surface area contributed by atoms with E-state index >= 15 is 0 Å². The van der Waals surface area contributed by atoms with Gasteiger partial charge in [0.2, 0.25) is 0 Å². The summed E-state index contributed by atoms with van der Waals surface area (Å²) in [4.78, 5) is 13.6. The van der Waals surface area contributed by atoms with Crippen molar-refractivity contribution >= 4 is 17.6 Å². The van der Waals surface area contributed by atoms with Crippen LogP contribution in [0.3, 0.4) is 0 Å². The van der Waals surface area contributed by atoms with Crippen LogP contribution in [0.25, 0.3) is 0 Å². The summed E-state index contributed by atoms with van der Waals surface area (Å²) in [5.74, 6) is 0.727. The van der Waals surface area contributed by atoms with Crippen LogP contribution in [0.5, 0.6) is 0 Å². The van der Waals surface area contributed by atoms with Gasteiger partial charge in [-0.2, -0.15) is 0 Å². The maximum absolute atomic E-state index is 11.9. The van der Waals surface area contributed by atoms with Crippen LogP contribution < -0.4 is 5.32 Å². The molecule has 5 heteroatoms. The van der Waals surface area contributed by atoms with E-state index in [9.17, 15) is 4.79 Å². The minimum atomic E-state index is -0.0411. The number of hydrogen-bond donors (Lipinski definition) is 1. The van der Waals surface area contributed by atoms with E-state index in [2.05, 4.69) is 12.2 Å². The molecule has 0 aromatic carbocycles. The summed E-state index contributed by atoms with van der Waals surface area (Å²) in [6.07, 6.45) is 0. The van der Waals surface area contributed by atoms with Crippen molar-refractivity contribution in [2.24, 2.45) is 5.92 Å². The minimum absolute atomic E-state index is 0.0411. The molecule has 0 aromatic heterocycles. The molecule has 0 radical (unpaired) electrons. The number of carbonyl (C=O) groups is 1. The number of alkyl halides is 1. The average Bonchev–Trinajstić information content (AvgIpc) is 2.26. The first-order valence-corrected chi connectivity index (χ1v) is 6.13. The molecule has 0 bridgehead atoms. The molecule has 2 amide bonds. The fourth-order valence-electron chi connectivity index (χ4n) is 2.31. The molecule has 90 valence electrons. The maximum atomic E-state index is 11.9. The van der Waals surface area contributed by atoms with Gasteiger partial charge in [0.05, 0.1) is 19.3 Å². The van der Waals surface area contributed by atoms with Gasteiger partial charge in [-0.25, -0.2) is 4.79 Å². The molecule has 0 spiro atoms. The third kappa shape index (κ3) is 1.92. The van der Waals surface area contributed by atoms with E-state index in [1.165, 1.54) is 5.57 Å². The van der Waals surface area contributed by atoms with Crippen LogP contribution in [0.1, 0.15) is 13.8 Å². The van der Waals surface area contributed by atoms with Gasteiger partial charge in [-0.3, -0.25) is 0 Å². The van der Waals surface area contributed by atoms with Gasteiger partial charge < -0.3 is 15.0 Å². The van der Waals surface area contributed by atoms with Gasteiger partial charge in [0, 0.05) is 24.0 Å². The summed E-state index contributed by atoms with van der Waals surface area (Å²) in [5.41, 5.74) is 2.23. The number of nitrogens with zero attached hydrogens (tertiary/aromatic N) is 1. The number of urea groups is 1. The van der Waals surface area contributed by atoms with Crippen LogP contribution >= 0.6 is 11.6 Å². The van der Waals surface area contributed by atoms with Gasteiger partial charge in [-0.05, 0) is 12.5 Å². The molecule has 16 heavy (non-hydrogen) atoms. The lowest BCUT2D eigenvalue weighted by molar-refractivity contribution is 0.0933. The lowest BCUT2D eigenvalue weighted by Crippen LogP contribution is -2.54. The predicted octanol–water partition coefficient (Wildman–Crippen LogP) is 1.56. The van der Waals surface area contributed by atoms with E-state index in [0.29, 0.717) is 25.6 Å². The lowest BCUT2D eigenvalue weighted by Gasteiger charge is -2.40. The molecule has 0 saturated carbocycles. The number of hydrogen-bond acceptors (Lipinski definition) is 2. The van der Waals surface area contributed by atoms with Crippen molar-refractivity contribution < 1.29 is 9.53 Å². The largest absolute Gasteiger partial charge is 0.376 e. The number of rotatable bonds is 2. The highest BCUT2D eigenvalue weighted by atomic mass is 35.5. The Morgan fingerprint density at radius 3 is 3.00 bits per heavy atom. The highest BCUT2D eigenvalue weighted by molar-refractivity contribution is 6.18. The van der Waals surface area contributed by atoms with Crippen LogP contribution in [0.15, 0.2) is 11.3 Å². The van der Waals surface area contributed by atoms with Crippen LogP contribution in [-0.4, -0.2) is 42.6 Å². The van der Waals surface area contributed by atoms with Crippen molar-refractivity contribution in [3.05, 3.63) is 11.3 Å². The van der Waals surface area contributed by atoms with E-state index in [0.717, 1.165) is 5.70 Å².